The van der Waals surface area contributed by atoms with E-state index in [1.807, 2.05) is 0 Å². The maximum atomic E-state index is 10.9. The summed E-state index contributed by atoms with van der Waals surface area (Å²) in [5.74, 6) is 1.27. The molecule has 0 aromatic rings. The number of fused-ring (bicyclic) bond motifs is 5. The van der Waals surface area contributed by atoms with Crippen molar-refractivity contribution in [3.8, 4) is 0 Å². The van der Waals surface area contributed by atoms with Gasteiger partial charge in [0.2, 0.25) is 0 Å². The highest BCUT2D eigenvalue weighted by Crippen LogP contribution is 2.66. The van der Waals surface area contributed by atoms with Crippen LogP contribution in [0.3, 0.4) is 0 Å². The van der Waals surface area contributed by atoms with Crippen LogP contribution in [0, 0.1) is 34.5 Å². The van der Waals surface area contributed by atoms with Gasteiger partial charge in [0.25, 0.3) is 0 Å². The zero-order chi connectivity index (χ0) is 16.6. The second-order valence-electron chi connectivity index (χ2n) is 9.52. The molecular weight excluding hydrogens is 292 g/mol. The lowest BCUT2D eigenvalue weighted by atomic mass is 9.44. The second kappa shape index (κ2) is 5.17. The minimum absolute atomic E-state index is 0.192. The fraction of sp³-hybridized carbons (Fsp3) is 1.00. The molecule has 4 saturated carbocycles. The number of rotatable bonds is 0. The predicted octanol–water partition coefficient (Wildman–Crippen LogP) is 1.69. The van der Waals surface area contributed by atoms with Gasteiger partial charge in [0.1, 0.15) is 0 Å². The van der Waals surface area contributed by atoms with E-state index in [2.05, 4.69) is 13.8 Å². The third-order valence-corrected chi connectivity index (χ3v) is 8.63. The van der Waals surface area contributed by atoms with Crippen molar-refractivity contribution in [2.45, 2.75) is 83.2 Å². The van der Waals surface area contributed by atoms with Crippen molar-refractivity contribution in [3.63, 3.8) is 0 Å². The second-order valence-corrected chi connectivity index (χ2v) is 9.52. The van der Waals surface area contributed by atoms with E-state index in [9.17, 15) is 20.4 Å². The van der Waals surface area contributed by atoms with Crippen LogP contribution in [0.25, 0.3) is 0 Å². The monoisotopic (exact) mass is 324 g/mol. The first kappa shape index (κ1) is 16.3. The number of aliphatic hydroxyl groups excluding tert-OH is 4. The highest BCUT2D eigenvalue weighted by Gasteiger charge is 2.64. The van der Waals surface area contributed by atoms with Gasteiger partial charge in [-0.2, -0.15) is 0 Å². The van der Waals surface area contributed by atoms with Gasteiger partial charge in [-0.3, -0.25) is 0 Å². The van der Waals surface area contributed by atoms with Crippen LogP contribution in [0.5, 0.6) is 0 Å². The minimum atomic E-state index is -0.653. The lowest BCUT2D eigenvalue weighted by molar-refractivity contribution is -0.177. The first-order chi connectivity index (χ1) is 10.8. The summed E-state index contributed by atoms with van der Waals surface area (Å²) >= 11 is 0. The molecular formula is C19H32O4. The van der Waals surface area contributed by atoms with Gasteiger partial charge >= 0.3 is 0 Å². The first-order valence-electron chi connectivity index (χ1n) is 9.49. The van der Waals surface area contributed by atoms with Gasteiger partial charge < -0.3 is 20.4 Å². The third-order valence-electron chi connectivity index (χ3n) is 8.63. The van der Waals surface area contributed by atoms with E-state index in [1.54, 1.807) is 0 Å². The largest absolute Gasteiger partial charge is 0.393 e. The van der Waals surface area contributed by atoms with Crippen LogP contribution in [0.2, 0.25) is 0 Å². The Morgan fingerprint density at radius 3 is 2.17 bits per heavy atom. The Labute approximate surface area is 138 Å². The molecule has 4 rings (SSSR count). The summed E-state index contributed by atoms with van der Waals surface area (Å²) in [7, 11) is 0. The van der Waals surface area contributed by atoms with Crippen LogP contribution in [-0.4, -0.2) is 44.8 Å². The summed E-state index contributed by atoms with van der Waals surface area (Å²) in [6.07, 6.45) is 4.24. The van der Waals surface area contributed by atoms with Crippen LogP contribution in [0.15, 0.2) is 0 Å². The summed E-state index contributed by atoms with van der Waals surface area (Å²) in [5, 5.41) is 41.7. The highest BCUT2D eigenvalue weighted by atomic mass is 16.3. The Balaban J connectivity index is 1.68. The lowest BCUT2D eigenvalue weighted by Gasteiger charge is -2.61. The molecule has 0 saturated heterocycles. The summed E-state index contributed by atoms with van der Waals surface area (Å²) in [6.45, 7) is 4.48. The molecule has 0 aromatic heterocycles. The maximum absolute atomic E-state index is 10.9. The van der Waals surface area contributed by atoms with Gasteiger partial charge in [-0.05, 0) is 79.4 Å². The highest BCUT2D eigenvalue weighted by molar-refractivity contribution is 5.13. The molecule has 4 fully saturated rings. The van der Waals surface area contributed by atoms with Crippen LogP contribution < -0.4 is 0 Å². The van der Waals surface area contributed by atoms with Crippen molar-refractivity contribution in [2.75, 3.05) is 0 Å². The van der Waals surface area contributed by atoms with E-state index in [4.69, 9.17) is 0 Å². The molecule has 23 heavy (non-hydrogen) atoms. The molecule has 0 spiro atoms. The average molecular weight is 324 g/mol. The Morgan fingerprint density at radius 1 is 0.739 bits per heavy atom. The smallest absolute Gasteiger partial charge is 0.0855 e. The van der Waals surface area contributed by atoms with Gasteiger partial charge in [0.05, 0.1) is 24.4 Å². The Hall–Kier alpha value is -0.160. The van der Waals surface area contributed by atoms with Crippen LogP contribution >= 0.6 is 0 Å². The molecule has 4 N–H and O–H groups in total. The van der Waals surface area contributed by atoms with Crippen molar-refractivity contribution in [1.82, 2.24) is 0 Å². The van der Waals surface area contributed by atoms with Gasteiger partial charge in [-0.1, -0.05) is 13.8 Å². The molecule has 0 bridgehead atoms. The van der Waals surface area contributed by atoms with Crippen LogP contribution in [0.1, 0.15) is 58.8 Å². The van der Waals surface area contributed by atoms with Crippen molar-refractivity contribution in [2.24, 2.45) is 34.5 Å². The molecule has 0 heterocycles. The third kappa shape index (κ3) is 2.11. The normalized spacial score (nSPS) is 62.3. The summed E-state index contributed by atoms with van der Waals surface area (Å²) in [4.78, 5) is 0. The SMILES string of the molecule is C[C@]12CCC3C(C1C[C@@H](O)[C@@H]2O)[C@@H](O)C[C@@H]1C[C@H](O)CC[C@]31C. The maximum Gasteiger partial charge on any atom is 0.0855 e. The first-order valence-corrected chi connectivity index (χ1v) is 9.49. The minimum Gasteiger partial charge on any atom is -0.393 e. The molecule has 0 aliphatic heterocycles. The van der Waals surface area contributed by atoms with Crippen molar-refractivity contribution in [3.05, 3.63) is 0 Å². The Bertz CT molecular complexity index is 482. The zero-order valence-electron chi connectivity index (χ0n) is 14.4. The van der Waals surface area contributed by atoms with Gasteiger partial charge in [0.15, 0.2) is 0 Å². The number of hydrogen-bond acceptors (Lipinski definition) is 4. The van der Waals surface area contributed by atoms with E-state index >= 15 is 0 Å². The number of aliphatic hydroxyl groups is 4. The molecule has 132 valence electrons. The fourth-order valence-corrected chi connectivity index (χ4v) is 7.19. The van der Waals surface area contributed by atoms with Crippen molar-refractivity contribution >= 4 is 0 Å². The topological polar surface area (TPSA) is 80.9 Å². The van der Waals surface area contributed by atoms with Gasteiger partial charge in [-0.25, -0.2) is 0 Å². The molecule has 10 atom stereocenters. The van der Waals surface area contributed by atoms with E-state index < -0.39 is 12.2 Å². The average Bonchev–Trinajstić information content (AvgIpc) is 2.73. The lowest BCUT2D eigenvalue weighted by Crippen LogP contribution is -2.58. The molecule has 4 heteroatoms. The molecule has 0 radical (unpaired) electrons. The van der Waals surface area contributed by atoms with Crippen molar-refractivity contribution < 1.29 is 20.4 Å². The standard InChI is InChI=1S/C19H32O4/c1-18-5-3-11(20)7-10(18)8-14(21)16-12(18)4-6-19(2)13(16)9-15(22)17(19)23/h10-17,20-23H,3-9H2,1-2H3/t10-,11+,12?,13?,14-,15+,16?,17-,18-,19-/m0/s1. The van der Waals surface area contributed by atoms with Crippen LogP contribution in [0.4, 0.5) is 0 Å². The molecule has 0 amide bonds. The molecule has 0 aromatic carbocycles. The van der Waals surface area contributed by atoms with Crippen molar-refractivity contribution in [1.29, 1.82) is 0 Å². The van der Waals surface area contributed by atoms with Gasteiger partial charge in [0, 0.05) is 0 Å². The zero-order valence-corrected chi connectivity index (χ0v) is 14.4. The quantitative estimate of drug-likeness (QED) is 0.547. The molecule has 4 aliphatic rings. The summed E-state index contributed by atoms with van der Waals surface area (Å²) in [6, 6.07) is 0. The fourth-order valence-electron chi connectivity index (χ4n) is 7.19. The van der Waals surface area contributed by atoms with E-state index in [-0.39, 0.29) is 34.9 Å². The Kier molecular flexibility index (Phi) is 3.67. The summed E-state index contributed by atoms with van der Waals surface area (Å²) in [5.41, 5.74) is -0.0537. The molecule has 4 nitrogen and oxygen atoms in total. The van der Waals surface area contributed by atoms with E-state index in [0.717, 1.165) is 38.5 Å². The van der Waals surface area contributed by atoms with E-state index in [0.29, 0.717) is 18.3 Å². The van der Waals surface area contributed by atoms with Crippen LogP contribution in [-0.2, 0) is 0 Å². The summed E-state index contributed by atoms with van der Waals surface area (Å²) < 4.78 is 0. The van der Waals surface area contributed by atoms with E-state index in [1.165, 1.54) is 0 Å². The van der Waals surface area contributed by atoms with Gasteiger partial charge in [-0.15, -0.1) is 0 Å². The number of hydrogen-bond donors (Lipinski definition) is 4. The predicted molar refractivity (Wildman–Crippen MR) is 86.5 cm³/mol. The Morgan fingerprint density at radius 2 is 1.43 bits per heavy atom. The molecule has 4 aliphatic carbocycles. The molecule has 3 unspecified atom stereocenters.